The Morgan fingerprint density at radius 3 is 2.50 bits per heavy atom. The molecule has 1 amide bonds. The highest BCUT2D eigenvalue weighted by Gasteiger charge is 2.41. The largest absolute Gasteiger partial charge is 0.464 e. The lowest BCUT2D eigenvalue weighted by Gasteiger charge is -2.35. The standard InChI is InChI=1S/C19H24FNO3/c1-2-24-18(23)19(13-4-3-5-14-19)21-17(22)8-6-7-15-9-11-16(20)12-10-15/h6-7,9-12H,2-5,8,13-14H2,1H3,(H,21,22)/b7-6-. The molecule has 1 aromatic carbocycles. The van der Waals surface area contributed by atoms with Crippen molar-refractivity contribution in [2.24, 2.45) is 0 Å². The fourth-order valence-corrected chi connectivity index (χ4v) is 3.00. The van der Waals surface area contributed by atoms with Crippen LogP contribution in [0.25, 0.3) is 6.08 Å². The first-order chi connectivity index (χ1) is 11.6. The highest BCUT2D eigenvalue weighted by atomic mass is 19.1. The van der Waals surface area contributed by atoms with Gasteiger partial charge in [-0.05, 0) is 37.5 Å². The van der Waals surface area contributed by atoms with Crippen LogP contribution in [0.5, 0.6) is 0 Å². The van der Waals surface area contributed by atoms with E-state index in [2.05, 4.69) is 5.32 Å². The average Bonchev–Trinajstić information content (AvgIpc) is 2.58. The third-order valence-electron chi connectivity index (χ3n) is 4.24. The van der Waals surface area contributed by atoms with Gasteiger partial charge in [0, 0.05) is 6.42 Å². The molecule has 0 spiro atoms. The highest BCUT2D eigenvalue weighted by Crippen LogP contribution is 2.29. The van der Waals surface area contributed by atoms with Gasteiger partial charge in [-0.25, -0.2) is 9.18 Å². The number of rotatable bonds is 6. The second-order valence-corrected chi connectivity index (χ2v) is 6.07. The van der Waals surface area contributed by atoms with Crippen molar-refractivity contribution in [3.8, 4) is 0 Å². The summed E-state index contributed by atoms with van der Waals surface area (Å²) in [5.41, 5.74) is -0.0586. The van der Waals surface area contributed by atoms with E-state index in [0.29, 0.717) is 19.4 Å². The molecule has 24 heavy (non-hydrogen) atoms. The van der Waals surface area contributed by atoms with Crippen molar-refractivity contribution in [1.82, 2.24) is 5.32 Å². The molecule has 2 rings (SSSR count). The molecule has 0 radical (unpaired) electrons. The van der Waals surface area contributed by atoms with Gasteiger partial charge in [-0.2, -0.15) is 0 Å². The van der Waals surface area contributed by atoms with E-state index in [0.717, 1.165) is 24.8 Å². The first-order valence-corrected chi connectivity index (χ1v) is 8.46. The molecule has 1 aliphatic rings. The molecule has 1 saturated carbocycles. The Balaban J connectivity index is 1.95. The van der Waals surface area contributed by atoms with Crippen molar-refractivity contribution in [3.05, 3.63) is 41.7 Å². The predicted octanol–water partition coefficient (Wildman–Crippen LogP) is 3.61. The van der Waals surface area contributed by atoms with Crippen LogP contribution in [0.2, 0.25) is 0 Å². The van der Waals surface area contributed by atoms with E-state index in [-0.39, 0.29) is 24.1 Å². The van der Waals surface area contributed by atoms with Gasteiger partial charge in [0.2, 0.25) is 5.91 Å². The Morgan fingerprint density at radius 2 is 1.88 bits per heavy atom. The number of amides is 1. The van der Waals surface area contributed by atoms with Gasteiger partial charge in [-0.3, -0.25) is 4.79 Å². The van der Waals surface area contributed by atoms with E-state index in [9.17, 15) is 14.0 Å². The third-order valence-corrected chi connectivity index (χ3v) is 4.24. The van der Waals surface area contributed by atoms with Gasteiger partial charge in [0.1, 0.15) is 11.4 Å². The molecular formula is C19H24FNO3. The smallest absolute Gasteiger partial charge is 0.331 e. The molecule has 1 N–H and O–H groups in total. The van der Waals surface area contributed by atoms with E-state index in [1.54, 1.807) is 31.2 Å². The minimum atomic E-state index is -0.880. The number of carbonyl (C=O) groups is 2. The number of halogens is 1. The maximum Gasteiger partial charge on any atom is 0.331 e. The van der Waals surface area contributed by atoms with E-state index in [4.69, 9.17) is 4.74 Å². The molecule has 0 unspecified atom stereocenters. The monoisotopic (exact) mass is 333 g/mol. The zero-order valence-corrected chi connectivity index (χ0v) is 14.0. The Hall–Kier alpha value is -2.17. The van der Waals surface area contributed by atoms with Crippen LogP contribution >= 0.6 is 0 Å². The molecule has 4 nitrogen and oxygen atoms in total. The molecule has 0 heterocycles. The van der Waals surface area contributed by atoms with Crippen molar-refractivity contribution in [2.75, 3.05) is 6.61 Å². The molecule has 1 fully saturated rings. The van der Waals surface area contributed by atoms with E-state index < -0.39 is 5.54 Å². The molecule has 1 aliphatic carbocycles. The lowest BCUT2D eigenvalue weighted by Crippen LogP contribution is -2.56. The first kappa shape index (κ1) is 18.2. The first-order valence-electron chi connectivity index (χ1n) is 8.46. The average molecular weight is 333 g/mol. The second kappa shape index (κ2) is 8.62. The third kappa shape index (κ3) is 4.91. The number of esters is 1. The van der Waals surface area contributed by atoms with Gasteiger partial charge in [-0.1, -0.05) is 43.5 Å². The summed E-state index contributed by atoms with van der Waals surface area (Å²) in [4.78, 5) is 24.5. The Kier molecular flexibility index (Phi) is 6.53. The normalized spacial score (nSPS) is 16.8. The van der Waals surface area contributed by atoms with Crippen LogP contribution in [-0.2, 0) is 14.3 Å². The molecule has 0 atom stereocenters. The SMILES string of the molecule is CCOC(=O)C1(NC(=O)C/C=C\c2ccc(F)cc2)CCCCC1. The lowest BCUT2D eigenvalue weighted by atomic mass is 9.81. The maximum absolute atomic E-state index is 12.8. The van der Waals surface area contributed by atoms with Crippen molar-refractivity contribution in [1.29, 1.82) is 0 Å². The van der Waals surface area contributed by atoms with Crippen LogP contribution in [0, 0.1) is 5.82 Å². The molecule has 5 heteroatoms. The fraction of sp³-hybridized carbons (Fsp3) is 0.474. The van der Waals surface area contributed by atoms with Crippen LogP contribution in [-0.4, -0.2) is 24.0 Å². The van der Waals surface area contributed by atoms with Crippen molar-refractivity contribution < 1.29 is 18.7 Å². The van der Waals surface area contributed by atoms with Gasteiger partial charge in [-0.15, -0.1) is 0 Å². The van der Waals surface area contributed by atoms with Gasteiger partial charge in [0.15, 0.2) is 0 Å². The van der Waals surface area contributed by atoms with Crippen molar-refractivity contribution >= 4 is 18.0 Å². The van der Waals surface area contributed by atoms with Crippen LogP contribution < -0.4 is 5.32 Å². The van der Waals surface area contributed by atoms with Crippen molar-refractivity contribution in [2.45, 2.75) is 51.0 Å². The molecule has 0 aromatic heterocycles. The second-order valence-electron chi connectivity index (χ2n) is 6.07. The summed E-state index contributed by atoms with van der Waals surface area (Å²) >= 11 is 0. The summed E-state index contributed by atoms with van der Waals surface area (Å²) in [6, 6.07) is 6.03. The topological polar surface area (TPSA) is 55.4 Å². The molecule has 130 valence electrons. The van der Waals surface area contributed by atoms with Crippen LogP contribution in [0.4, 0.5) is 4.39 Å². The zero-order valence-electron chi connectivity index (χ0n) is 14.0. The lowest BCUT2D eigenvalue weighted by molar-refractivity contribution is -0.155. The quantitative estimate of drug-likeness (QED) is 0.809. The number of ether oxygens (including phenoxy) is 1. The van der Waals surface area contributed by atoms with Crippen LogP contribution in [0.15, 0.2) is 30.3 Å². The molecular weight excluding hydrogens is 309 g/mol. The summed E-state index contributed by atoms with van der Waals surface area (Å²) in [5.74, 6) is -0.831. The Bertz CT molecular complexity index is 589. The molecule has 0 saturated heterocycles. The number of hydrogen-bond acceptors (Lipinski definition) is 3. The van der Waals surface area contributed by atoms with Crippen molar-refractivity contribution in [3.63, 3.8) is 0 Å². The number of benzene rings is 1. The van der Waals surface area contributed by atoms with Gasteiger partial charge in [0.05, 0.1) is 6.61 Å². The van der Waals surface area contributed by atoms with Crippen LogP contribution in [0.3, 0.4) is 0 Å². The van der Waals surface area contributed by atoms with Gasteiger partial charge >= 0.3 is 5.97 Å². The van der Waals surface area contributed by atoms with Gasteiger partial charge < -0.3 is 10.1 Å². The minimum absolute atomic E-state index is 0.165. The Labute approximate surface area is 142 Å². The predicted molar refractivity (Wildman–Crippen MR) is 90.6 cm³/mol. The number of hydrogen-bond donors (Lipinski definition) is 1. The molecule has 0 aliphatic heterocycles. The summed E-state index contributed by atoms with van der Waals surface area (Å²) in [6.45, 7) is 2.07. The summed E-state index contributed by atoms with van der Waals surface area (Å²) in [6.07, 6.45) is 7.77. The highest BCUT2D eigenvalue weighted by molar-refractivity contribution is 5.89. The van der Waals surface area contributed by atoms with E-state index >= 15 is 0 Å². The zero-order chi connectivity index (χ0) is 17.4. The fourth-order valence-electron chi connectivity index (χ4n) is 3.00. The molecule has 1 aromatic rings. The summed E-state index contributed by atoms with van der Waals surface area (Å²) < 4.78 is 18.0. The van der Waals surface area contributed by atoms with Crippen LogP contribution in [0.1, 0.15) is 51.0 Å². The van der Waals surface area contributed by atoms with E-state index in [1.165, 1.54) is 12.1 Å². The summed E-state index contributed by atoms with van der Waals surface area (Å²) in [7, 11) is 0. The summed E-state index contributed by atoms with van der Waals surface area (Å²) in [5, 5.41) is 2.89. The number of carbonyl (C=O) groups excluding carboxylic acids is 2. The maximum atomic E-state index is 12.8. The van der Waals surface area contributed by atoms with Gasteiger partial charge in [0.25, 0.3) is 0 Å². The van der Waals surface area contributed by atoms with E-state index in [1.807, 2.05) is 0 Å². The Morgan fingerprint density at radius 1 is 1.21 bits per heavy atom. The molecule has 0 bridgehead atoms. The number of nitrogens with one attached hydrogen (secondary N) is 1. The minimum Gasteiger partial charge on any atom is -0.464 e.